The number of esters is 1. The summed E-state index contributed by atoms with van der Waals surface area (Å²) in [6.07, 6.45) is 0. The van der Waals surface area contributed by atoms with Crippen LogP contribution in [0.3, 0.4) is 0 Å². The Morgan fingerprint density at radius 2 is 1.47 bits per heavy atom. The molecule has 0 bridgehead atoms. The molecular weight excluding hydrogens is 410 g/mol. The Morgan fingerprint density at radius 1 is 0.812 bits per heavy atom. The van der Waals surface area contributed by atoms with Crippen LogP contribution in [0.2, 0.25) is 0 Å². The highest BCUT2D eigenvalue weighted by molar-refractivity contribution is 6.04. The Bertz CT molecular complexity index is 1060. The van der Waals surface area contributed by atoms with E-state index in [2.05, 4.69) is 10.1 Å². The van der Waals surface area contributed by atoms with E-state index in [1.54, 1.807) is 49.6 Å². The van der Waals surface area contributed by atoms with Crippen LogP contribution >= 0.6 is 0 Å². The maximum absolute atomic E-state index is 12.8. The second-order valence-electron chi connectivity index (χ2n) is 6.74. The molecule has 0 saturated carbocycles. The summed E-state index contributed by atoms with van der Waals surface area (Å²) >= 11 is 0. The van der Waals surface area contributed by atoms with E-state index in [9.17, 15) is 9.59 Å². The van der Waals surface area contributed by atoms with Crippen LogP contribution in [0.4, 0.5) is 5.69 Å². The summed E-state index contributed by atoms with van der Waals surface area (Å²) < 4.78 is 21.4. The molecule has 1 amide bonds. The lowest BCUT2D eigenvalue weighted by atomic mass is 10.1. The zero-order valence-corrected chi connectivity index (χ0v) is 18.2. The maximum atomic E-state index is 12.8. The summed E-state index contributed by atoms with van der Waals surface area (Å²) in [6, 6.07) is 18.9. The first-order valence-corrected chi connectivity index (χ1v) is 10.1. The largest absolute Gasteiger partial charge is 0.497 e. The molecular formula is C25H25NO6. The zero-order valence-electron chi connectivity index (χ0n) is 18.2. The van der Waals surface area contributed by atoms with Gasteiger partial charge in [-0.3, -0.25) is 4.79 Å². The molecule has 0 radical (unpaired) electrons. The van der Waals surface area contributed by atoms with Gasteiger partial charge in [0.2, 0.25) is 0 Å². The van der Waals surface area contributed by atoms with Gasteiger partial charge in [-0.05, 0) is 73.7 Å². The summed E-state index contributed by atoms with van der Waals surface area (Å²) in [5.74, 6) is 1.35. The molecule has 0 aliphatic heterocycles. The fourth-order valence-electron chi connectivity index (χ4n) is 2.97. The van der Waals surface area contributed by atoms with Gasteiger partial charge in [0.15, 0.2) is 0 Å². The highest BCUT2D eigenvalue weighted by Gasteiger charge is 2.13. The lowest BCUT2D eigenvalue weighted by Gasteiger charge is -2.14. The van der Waals surface area contributed by atoms with Crippen molar-refractivity contribution in [2.75, 3.05) is 26.1 Å². The quantitative estimate of drug-likeness (QED) is 0.490. The van der Waals surface area contributed by atoms with E-state index in [-0.39, 0.29) is 12.5 Å². The second-order valence-corrected chi connectivity index (χ2v) is 6.74. The minimum Gasteiger partial charge on any atom is -0.497 e. The number of ether oxygens (including phenoxy) is 4. The van der Waals surface area contributed by atoms with Gasteiger partial charge in [0.25, 0.3) is 5.91 Å². The molecule has 0 atom stereocenters. The van der Waals surface area contributed by atoms with E-state index in [0.29, 0.717) is 34.9 Å². The summed E-state index contributed by atoms with van der Waals surface area (Å²) in [4.78, 5) is 24.3. The van der Waals surface area contributed by atoms with Gasteiger partial charge in [0.1, 0.15) is 23.9 Å². The van der Waals surface area contributed by atoms with Crippen molar-refractivity contribution in [3.8, 4) is 17.2 Å². The fraction of sp³-hybridized carbons (Fsp3) is 0.200. The zero-order chi connectivity index (χ0) is 22.9. The summed E-state index contributed by atoms with van der Waals surface area (Å²) in [5.41, 5.74) is 2.17. The molecule has 0 aliphatic rings. The number of carbonyl (C=O) groups is 2. The van der Waals surface area contributed by atoms with Crippen molar-refractivity contribution in [3.05, 3.63) is 83.4 Å². The van der Waals surface area contributed by atoms with Crippen molar-refractivity contribution in [1.82, 2.24) is 0 Å². The van der Waals surface area contributed by atoms with Crippen LogP contribution in [0.15, 0.2) is 66.7 Å². The van der Waals surface area contributed by atoms with E-state index < -0.39 is 5.97 Å². The predicted octanol–water partition coefficient (Wildman–Crippen LogP) is 4.71. The third kappa shape index (κ3) is 5.78. The molecule has 7 nitrogen and oxygen atoms in total. The van der Waals surface area contributed by atoms with Crippen LogP contribution in [0.1, 0.15) is 33.2 Å². The van der Waals surface area contributed by atoms with Crippen LogP contribution < -0.4 is 19.5 Å². The van der Waals surface area contributed by atoms with Crippen molar-refractivity contribution in [3.63, 3.8) is 0 Å². The van der Waals surface area contributed by atoms with Gasteiger partial charge in [-0.15, -0.1) is 0 Å². The highest BCUT2D eigenvalue weighted by Crippen LogP contribution is 2.24. The van der Waals surface area contributed by atoms with E-state index in [1.807, 2.05) is 31.2 Å². The van der Waals surface area contributed by atoms with Crippen LogP contribution in [0, 0.1) is 0 Å². The third-order valence-electron chi connectivity index (χ3n) is 4.64. The maximum Gasteiger partial charge on any atom is 0.337 e. The van der Waals surface area contributed by atoms with E-state index >= 15 is 0 Å². The molecule has 32 heavy (non-hydrogen) atoms. The Morgan fingerprint density at radius 3 is 2.09 bits per heavy atom. The number of amides is 1. The lowest BCUT2D eigenvalue weighted by molar-refractivity contribution is 0.0600. The molecule has 0 heterocycles. The number of methoxy groups -OCH3 is 2. The van der Waals surface area contributed by atoms with E-state index in [1.165, 1.54) is 7.11 Å². The van der Waals surface area contributed by atoms with Crippen LogP contribution in [0.5, 0.6) is 17.2 Å². The molecule has 0 fully saturated rings. The number of rotatable bonds is 9. The Balaban J connectivity index is 1.73. The molecule has 3 aromatic rings. The van der Waals surface area contributed by atoms with Gasteiger partial charge in [-0.2, -0.15) is 0 Å². The Kier molecular flexibility index (Phi) is 7.70. The van der Waals surface area contributed by atoms with Gasteiger partial charge in [0, 0.05) is 16.8 Å². The normalized spacial score (nSPS) is 10.2. The van der Waals surface area contributed by atoms with Crippen LogP contribution in [-0.2, 0) is 11.3 Å². The number of anilines is 1. The smallest absolute Gasteiger partial charge is 0.337 e. The van der Waals surface area contributed by atoms with Crippen LogP contribution in [0.25, 0.3) is 0 Å². The first kappa shape index (κ1) is 22.7. The van der Waals surface area contributed by atoms with Crippen molar-refractivity contribution < 1.29 is 28.5 Å². The first-order valence-electron chi connectivity index (χ1n) is 10.1. The van der Waals surface area contributed by atoms with Gasteiger partial charge < -0.3 is 24.3 Å². The number of carbonyl (C=O) groups excluding carboxylic acids is 2. The SMILES string of the molecule is CCOc1ccc(C(=O)Nc2ccc(C(=O)OC)cc2)cc1COc1ccc(OC)cc1. The molecule has 0 aliphatic carbocycles. The summed E-state index contributed by atoms with van der Waals surface area (Å²) in [5, 5.41) is 2.82. The summed E-state index contributed by atoms with van der Waals surface area (Å²) in [6.45, 7) is 2.62. The monoisotopic (exact) mass is 435 g/mol. The van der Waals surface area contributed by atoms with Crippen molar-refractivity contribution in [2.24, 2.45) is 0 Å². The highest BCUT2D eigenvalue weighted by atomic mass is 16.5. The van der Waals surface area contributed by atoms with E-state index in [4.69, 9.17) is 14.2 Å². The number of benzene rings is 3. The summed E-state index contributed by atoms with van der Waals surface area (Å²) in [7, 11) is 2.92. The molecule has 7 heteroatoms. The minimum absolute atomic E-state index is 0.233. The van der Waals surface area contributed by atoms with Crippen molar-refractivity contribution in [2.45, 2.75) is 13.5 Å². The average molecular weight is 435 g/mol. The molecule has 0 saturated heterocycles. The van der Waals surface area contributed by atoms with Gasteiger partial charge >= 0.3 is 5.97 Å². The van der Waals surface area contributed by atoms with Gasteiger partial charge in [0.05, 0.1) is 26.4 Å². The van der Waals surface area contributed by atoms with Crippen molar-refractivity contribution in [1.29, 1.82) is 0 Å². The molecule has 0 spiro atoms. The topological polar surface area (TPSA) is 83.1 Å². The number of hydrogen-bond acceptors (Lipinski definition) is 6. The standard InChI is InChI=1S/C25H25NO6/c1-4-31-23-14-7-18(15-19(23)16-32-22-12-10-21(29-2)11-13-22)24(27)26-20-8-5-17(6-9-20)25(28)30-3/h5-15H,4,16H2,1-3H3,(H,26,27). The minimum atomic E-state index is -0.434. The molecule has 0 aromatic heterocycles. The average Bonchev–Trinajstić information content (AvgIpc) is 2.83. The second kappa shape index (κ2) is 10.9. The molecule has 166 valence electrons. The first-order chi connectivity index (χ1) is 15.5. The van der Waals surface area contributed by atoms with Gasteiger partial charge in [-0.25, -0.2) is 4.79 Å². The molecule has 0 unspecified atom stereocenters. The molecule has 1 N–H and O–H groups in total. The Hall–Kier alpha value is -4.00. The van der Waals surface area contributed by atoms with Crippen molar-refractivity contribution >= 4 is 17.6 Å². The predicted molar refractivity (Wildman–Crippen MR) is 121 cm³/mol. The fourth-order valence-corrected chi connectivity index (χ4v) is 2.97. The number of hydrogen-bond donors (Lipinski definition) is 1. The Labute approximate surface area is 186 Å². The molecule has 3 aromatic carbocycles. The number of nitrogens with one attached hydrogen (secondary N) is 1. The lowest BCUT2D eigenvalue weighted by Crippen LogP contribution is -2.13. The van der Waals surface area contributed by atoms with Crippen LogP contribution in [-0.4, -0.2) is 32.7 Å². The van der Waals surface area contributed by atoms with E-state index in [0.717, 1.165) is 11.3 Å². The molecule has 3 rings (SSSR count). The third-order valence-corrected chi connectivity index (χ3v) is 4.64. The van der Waals surface area contributed by atoms with Gasteiger partial charge in [-0.1, -0.05) is 0 Å².